The van der Waals surface area contributed by atoms with E-state index in [1.807, 2.05) is 13.8 Å². The number of amides is 2. The fourth-order valence-electron chi connectivity index (χ4n) is 1.84. The fourth-order valence-corrected chi connectivity index (χ4v) is 2.38. The number of anilines is 1. The summed E-state index contributed by atoms with van der Waals surface area (Å²) in [4.78, 5) is 24.4. The monoisotopic (exact) mass is 342 g/mol. The van der Waals surface area contributed by atoms with Crippen molar-refractivity contribution < 1.29 is 14.3 Å². The summed E-state index contributed by atoms with van der Waals surface area (Å²) in [6.45, 7) is 3.82. The molecule has 0 aliphatic carbocycles. The van der Waals surface area contributed by atoms with Crippen LogP contribution in [0, 0.1) is 0 Å². The molecule has 5 nitrogen and oxygen atoms in total. The summed E-state index contributed by atoms with van der Waals surface area (Å²) in [5, 5.41) is 0. The minimum Gasteiger partial charge on any atom is -0.497 e. The number of methoxy groups -OCH3 is 1. The minimum atomic E-state index is -0.621. The number of carbonyl (C=O) groups excluding carboxylic acids is 2. The standard InChI is InChI=1S/C14H19BrN2O3/c1-9(2)17(14(19)12(15)8-13(16)18)10-4-6-11(20-3)7-5-10/h4-7,9,12H,8H2,1-3H3,(H2,16,18). The largest absolute Gasteiger partial charge is 0.497 e. The summed E-state index contributed by atoms with van der Waals surface area (Å²) in [6, 6.07) is 7.15. The van der Waals surface area contributed by atoms with Crippen LogP contribution in [0.25, 0.3) is 0 Å². The first-order valence-corrected chi connectivity index (χ1v) is 7.18. The molecule has 0 aliphatic rings. The molecule has 2 N–H and O–H groups in total. The number of hydrogen-bond acceptors (Lipinski definition) is 3. The van der Waals surface area contributed by atoms with Crippen molar-refractivity contribution in [2.45, 2.75) is 31.1 Å². The maximum absolute atomic E-state index is 12.4. The summed E-state index contributed by atoms with van der Waals surface area (Å²) in [5.74, 6) is 0.0139. The molecule has 0 heterocycles. The summed E-state index contributed by atoms with van der Waals surface area (Å²) in [7, 11) is 1.59. The van der Waals surface area contributed by atoms with Crippen LogP contribution in [0.1, 0.15) is 20.3 Å². The Balaban J connectivity index is 2.98. The second kappa shape index (κ2) is 7.28. The Kier molecular flexibility index (Phi) is 6.01. The first-order valence-electron chi connectivity index (χ1n) is 6.26. The van der Waals surface area contributed by atoms with E-state index in [1.54, 1.807) is 36.3 Å². The van der Waals surface area contributed by atoms with Gasteiger partial charge in [0.15, 0.2) is 0 Å². The first-order chi connectivity index (χ1) is 9.36. The van der Waals surface area contributed by atoms with Crippen molar-refractivity contribution in [3.63, 3.8) is 0 Å². The van der Waals surface area contributed by atoms with Gasteiger partial charge in [-0.05, 0) is 38.1 Å². The molecule has 2 amide bonds. The van der Waals surface area contributed by atoms with Crippen molar-refractivity contribution in [2.75, 3.05) is 12.0 Å². The molecule has 1 rings (SSSR count). The zero-order valence-electron chi connectivity index (χ0n) is 11.8. The van der Waals surface area contributed by atoms with E-state index in [-0.39, 0.29) is 18.4 Å². The molecule has 1 aromatic rings. The lowest BCUT2D eigenvalue weighted by molar-refractivity contribution is -0.123. The van der Waals surface area contributed by atoms with Crippen LogP contribution in [-0.2, 0) is 9.59 Å². The SMILES string of the molecule is COc1ccc(N(C(=O)C(Br)CC(N)=O)C(C)C)cc1. The van der Waals surface area contributed by atoms with Crippen LogP contribution in [0.4, 0.5) is 5.69 Å². The van der Waals surface area contributed by atoms with Gasteiger partial charge in [-0.15, -0.1) is 0 Å². The number of benzene rings is 1. The van der Waals surface area contributed by atoms with E-state index >= 15 is 0 Å². The first kappa shape index (κ1) is 16.5. The lowest BCUT2D eigenvalue weighted by Gasteiger charge is -2.28. The molecule has 20 heavy (non-hydrogen) atoms. The molecule has 1 atom stereocenters. The third kappa shape index (κ3) is 4.23. The average Bonchev–Trinajstić information content (AvgIpc) is 2.38. The quantitative estimate of drug-likeness (QED) is 0.804. The molecule has 1 aromatic carbocycles. The van der Waals surface area contributed by atoms with Crippen LogP contribution in [0.5, 0.6) is 5.75 Å². The number of alkyl halides is 1. The predicted molar refractivity (Wildman–Crippen MR) is 82.1 cm³/mol. The Morgan fingerprint density at radius 3 is 2.25 bits per heavy atom. The molecular formula is C14H19BrN2O3. The van der Waals surface area contributed by atoms with Crippen LogP contribution < -0.4 is 15.4 Å². The molecule has 1 unspecified atom stereocenters. The third-order valence-electron chi connectivity index (χ3n) is 2.75. The van der Waals surface area contributed by atoms with E-state index in [1.165, 1.54) is 0 Å². The number of nitrogens with two attached hydrogens (primary N) is 1. The Labute approximate surface area is 127 Å². The molecule has 0 aliphatic heterocycles. The van der Waals surface area contributed by atoms with E-state index in [0.717, 1.165) is 11.4 Å². The smallest absolute Gasteiger partial charge is 0.241 e. The minimum absolute atomic E-state index is 0.0296. The number of rotatable bonds is 6. The second-order valence-electron chi connectivity index (χ2n) is 4.64. The normalized spacial score (nSPS) is 12.1. The lowest BCUT2D eigenvalue weighted by Crippen LogP contribution is -2.42. The molecule has 0 radical (unpaired) electrons. The van der Waals surface area contributed by atoms with E-state index in [4.69, 9.17) is 10.5 Å². The molecule has 0 saturated carbocycles. The molecule has 110 valence electrons. The van der Waals surface area contributed by atoms with Gasteiger partial charge in [-0.1, -0.05) is 15.9 Å². The van der Waals surface area contributed by atoms with Gasteiger partial charge in [0.1, 0.15) is 10.6 Å². The van der Waals surface area contributed by atoms with Crippen molar-refractivity contribution in [3.8, 4) is 5.75 Å². The van der Waals surface area contributed by atoms with Gasteiger partial charge in [0.2, 0.25) is 11.8 Å². The van der Waals surface area contributed by atoms with Crippen molar-refractivity contribution in [2.24, 2.45) is 5.73 Å². The fraction of sp³-hybridized carbons (Fsp3) is 0.429. The molecule has 0 fully saturated rings. The molecule has 6 heteroatoms. The number of hydrogen-bond donors (Lipinski definition) is 1. The number of halogens is 1. The molecule has 0 aromatic heterocycles. The van der Waals surface area contributed by atoms with Gasteiger partial charge in [0.05, 0.1) is 7.11 Å². The summed E-state index contributed by atoms with van der Waals surface area (Å²) in [5.41, 5.74) is 5.88. The van der Waals surface area contributed by atoms with Crippen molar-refractivity contribution in [3.05, 3.63) is 24.3 Å². The number of primary amides is 1. The third-order valence-corrected chi connectivity index (χ3v) is 3.47. The zero-order valence-corrected chi connectivity index (χ0v) is 13.4. The Morgan fingerprint density at radius 2 is 1.85 bits per heavy atom. The lowest BCUT2D eigenvalue weighted by atomic mass is 10.2. The maximum Gasteiger partial charge on any atom is 0.241 e. The van der Waals surface area contributed by atoms with Crippen LogP contribution in [0.15, 0.2) is 24.3 Å². The van der Waals surface area contributed by atoms with Crippen LogP contribution in [0.3, 0.4) is 0 Å². The highest BCUT2D eigenvalue weighted by Gasteiger charge is 2.26. The van der Waals surface area contributed by atoms with Crippen LogP contribution >= 0.6 is 15.9 Å². The maximum atomic E-state index is 12.4. The van der Waals surface area contributed by atoms with Gasteiger partial charge >= 0.3 is 0 Å². The van der Waals surface area contributed by atoms with Crippen LogP contribution in [-0.4, -0.2) is 29.8 Å². The topological polar surface area (TPSA) is 72.6 Å². The second-order valence-corrected chi connectivity index (χ2v) is 5.74. The Bertz CT molecular complexity index is 474. The van der Waals surface area contributed by atoms with Crippen molar-refractivity contribution in [1.29, 1.82) is 0 Å². The van der Waals surface area contributed by atoms with Gasteiger partial charge in [-0.2, -0.15) is 0 Å². The highest BCUT2D eigenvalue weighted by molar-refractivity contribution is 9.10. The van der Waals surface area contributed by atoms with Gasteiger partial charge in [-0.3, -0.25) is 9.59 Å². The van der Waals surface area contributed by atoms with E-state index in [9.17, 15) is 9.59 Å². The molecule has 0 saturated heterocycles. The van der Waals surface area contributed by atoms with Gasteiger partial charge in [0, 0.05) is 18.2 Å². The predicted octanol–water partition coefficient (Wildman–Crippen LogP) is 2.08. The highest BCUT2D eigenvalue weighted by atomic mass is 79.9. The summed E-state index contributed by atoms with van der Waals surface area (Å²) < 4.78 is 5.10. The average molecular weight is 343 g/mol. The Hall–Kier alpha value is -1.56. The highest BCUT2D eigenvalue weighted by Crippen LogP contribution is 2.24. The van der Waals surface area contributed by atoms with Crippen LogP contribution in [0.2, 0.25) is 0 Å². The van der Waals surface area contributed by atoms with Crippen molar-refractivity contribution in [1.82, 2.24) is 0 Å². The molecular weight excluding hydrogens is 324 g/mol. The van der Waals surface area contributed by atoms with Crippen molar-refractivity contribution >= 4 is 33.4 Å². The molecule has 0 spiro atoms. The van der Waals surface area contributed by atoms with Gasteiger partial charge < -0.3 is 15.4 Å². The van der Waals surface area contributed by atoms with E-state index in [0.29, 0.717) is 0 Å². The molecule has 0 bridgehead atoms. The van der Waals surface area contributed by atoms with Gasteiger partial charge in [0.25, 0.3) is 0 Å². The number of ether oxygens (including phenoxy) is 1. The summed E-state index contributed by atoms with van der Waals surface area (Å²) in [6.07, 6.45) is -0.0296. The summed E-state index contributed by atoms with van der Waals surface area (Å²) >= 11 is 3.22. The Morgan fingerprint density at radius 1 is 1.30 bits per heavy atom. The zero-order chi connectivity index (χ0) is 15.3. The van der Waals surface area contributed by atoms with E-state index < -0.39 is 10.7 Å². The van der Waals surface area contributed by atoms with E-state index in [2.05, 4.69) is 15.9 Å². The number of nitrogens with zero attached hydrogens (tertiary/aromatic N) is 1. The van der Waals surface area contributed by atoms with Gasteiger partial charge in [-0.25, -0.2) is 0 Å². The number of carbonyl (C=O) groups is 2.